The van der Waals surface area contributed by atoms with Crippen LogP contribution in [0.3, 0.4) is 0 Å². The van der Waals surface area contributed by atoms with E-state index < -0.39 is 17.7 Å². The summed E-state index contributed by atoms with van der Waals surface area (Å²) in [6.07, 6.45) is 4.18. The van der Waals surface area contributed by atoms with Crippen molar-refractivity contribution in [2.45, 2.75) is 67.1 Å². The van der Waals surface area contributed by atoms with E-state index in [9.17, 15) is 18.0 Å². The van der Waals surface area contributed by atoms with Gasteiger partial charge in [-0.25, -0.2) is 4.98 Å². The molecule has 1 aromatic heterocycles. The highest BCUT2D eigenvalue weighted by Crippen LogP contribution is 2.29. The lowest BCUT2D eigenvalue weighted by atomic mass is 10.0. The number of imidazole rings is 1. The number of alkyl halides is 3. The van der Waals surface area contributed by atoms with Crippen molar-refractivity contribution in [2.75, 3.05) is 6.54 Å². The lowest BCUT2D eigenvalue weighted by molar-refractivity contribution is -0.0935. The summed E-state index contributed by atoms with van der Waals surface area (Å²) in [5, 5.41) is 5.76. The minimum atomic E-state index is -4.46. The Labute approximate surface area is 241 Å². The summed E-state index contributed by atoms with van der Waals surface area (Å²) >= 11 is 0. The molecule has 1 aromatic carbocycles. The molecule has 1 heterocycles. The molecule has 0 saturated carbocycles. The number of rotatable bonds is 9. The fourth-order valence-corrected chi connectivity index (χ4v) is 3.35. The Morgan fingerprint density at radius 2 is 1.85 bits per heavy atom. The van der Waals surface area contributed by atoms with E-state index in [2.05, 4.69) is 27.5 Å². The SMILES string of the molecule is CC.CC/C(=C\C(=C/CNC(=O)c1ccc(C)c(C#C/C(N)=C/C=C(\N)NC(C)C)c1)n1cnc(C)c1)C(F)(F)F. The number of amides is 1. The maximum absolute atomic E-state index is 13.4. The summed E-state index contributed by atoms with van der Waals surface area (Å²) in [5.74, 6) is 5.87. The molecule has 1 amide bonds. The number of halogens is 3. The molecule has 0 aliphatic heterocycles. The number of hydrogen-bond acceptors (Lipinski definition) is 5. The molecule has 0 saturated heterocycles. The molecule has 0 radical (unpaired) electrons. The van der Waals surface area contributed by atoms with E-state index in [1.165, 1.54) is 23.9 Å². The first-order valence-corrected chi connectivity index (χ1v) is 13.4. The molecule has 0 spiro atoms. The number of benzene rings is 1. The number of aryl methyl sites for hydroxylation is 2. The van der Waals surface area contributed by atoms with Gasteiger partial charge in [-0.1, -0.05) is 32.8 Å². The average Bonchev–Trinajstić information content (AvgIpc) is 3.34. The van der Waals surface area contributed by atoms with Crippen LogP contribution in [0, 0.1) is 25.7 Å². The Kier molecular flexibility index (Phi) is 14.1. The van der Waals surface area contributed by atoms with Crippen LogP contribution >= 0.6 is 0 Å². The molecule has 0 unspecified atom stereocenters. The molecule has 2 rings (SSSR count). The highest BCUT2D eigenvalue weighted by Gasteiger charge is 2.32. The monoisotopic (exact) mass is 570 g/mol. The van der Waals surface area contributed by atoms with Crippen molar-refractivity contribution < 1.29 is 18.0 Å². The molecule has 222 valence electrons. The van der Waals surface area contributed by atoms with Crippen LogP contribution in [0.1, 0.15) is 68.2 Å². The predicted octanol–water partition coefficient (Wildman–Crippen LogP) is 5.69. The van der Waals surface area contributed by atoms with E-state index in [4.69, 9.17) is 11.5 Å². The molecular formula is C31H41F3N6O. The number of nitrogens with two attached hydrogens (primary N) is 2. The number of allylic oxidation sites excluding steroid dienone is 6. The van der Waals surface area contributed by atoms with Crippen molar-refractivity contribution in [3.8, 4) is 11.8 Å². The average molecular weight is 571 g/mol. The van der Waals surface area contributed by atoms with Gasteiger partial charge in [-0.05, 0) is 82.0 Å². The molecular weight excluding hydrogens is 529 g/mol. The minimum absolute atomic E-state index is 0.000507. The Morgan fingerprint density at radius 1 is 1.17 bits per heavy atom. The molecule has 0 aliphatic carbocycles. The molecule has 0 aliphatic rings. The number of carbonyl (C=O) groups excluding carboxylic acids is 1. The lowest BCUT2D eigenvalue weighted by Gasteiger charge is -2.12. The number of aromatic nitrogens is 2. The van der Waals surface area contributed by atoms with Crippen molar-refractivity contribution in [2.24, 2.45) is 11.5 Å². The van der Waals surface area contributed by atoms with E-state index in [1.54, 1.807) is 43.5 Å². The second-order valence-corrected chi connectivity index (χ2v) is 9.10. The first kappa shape index (κ1) is 34.6. The Morgan fingerprint density at radius 3 is 2.41 bits per heavy atom. The van der Waals surface area contributed by atoms with Crippen LogP contribution < -0.4 is 22.1 Å². The quantitative estimate of drug-likeness (QED) is 0.229. The van der Waals surface area contributed by atoms with Crippen LogP contribution in [0.25, 0.3) is 5.70 Å². The third kappa shape index (κ3) is 12.1. The molecule has 6 N–H and O–H groups in total. The van der Waals surface area contributed by atoms with E-state index in [0.29, 0.717) is 28.3 Å². The van der Waals surface area contributed by atoms with Gasteiger partial charge in [0.2, 0.25) is 0 Å². The topological polar surface area (TPSA) is 111 Å². The first-order chi connectivity index (χ1) is 19.3. The van der Waals surface area contributed by atoms with Crippen LogP contribution in [0.5, 0.6) is 0 Å². The Balaban J connectivity index is 0.00000411. The van der Waals surface area contributed by atoms with Crippen LogP contribution in [0.4, 0.5) is 13.2 Å². The normalized spacial score (nSPS) is 12.8. The zero-order valence-electron chi connectivity index (χ0n) is 24.8. The largest absolute Gasteiger partial charge is 0.412 e. The van der Waals surface area contributed by atoms with Crippen LogP contribution in [0.2, 0.25) is 0 Å². The van der Waals surface area contributed by atoms with Gasteiger partial charge in [0.25, 0.3) is 5.91 Å². The fourth-order valence-electron chi connectivity index (χ4n) is 3.35. The van der Waals surface area contributed by atoms with Crippen LogP contribution in [0.15, 0.2) is 72.1 Å². The van der Waals surface area contributed by atoms with E-state index in [0.717, 1.165) is 11.6 Å². The Hall–Kier alpha value is -4.39. The summed E-state index contributed by atoms with van der Waals surface area (Å²) in [4.78, 5) is 16.9. The van der Waals surface area contributed by atoms with Crippen molar-refractivity contribution in [1.29, 1.82) is 0 Å². The summed E-state index contributed by atoms with van der Waals surface area (Å²) < 4.78 is 41.6. The second kappa shape index (κ2) is 16.7. The zero-order chi connectivity index (χ0) is 31.2. The summed E-state index contributed by atoms with van der Waals surface area (Å²) in [5.41, 5.74) is 14.1. The molecule has 0 atom stereocenters. The van der Waals surface area contributed by atoms with Crippen molar-refractivity contribution in [3.05, 3.63) is 94.5 Å². The standard InChI is InChI=1S/C29H35F3N6O.C2H6/c1-6-24(29(30,31)32)16-26(38-17-21(5)36-18-38)13-14-35-28(39)23-8-7-20(4)22(15-23)9-10-25(33)11-12-27(34)37-19(2)3;1-2/h7-8,11-13,15-19,37H,6,14,33-34H2,1-5H3,(H,35,39);1-2H3/b24-16+,25-11-,26-13+,27-12+;. The molecule has 10 heteroatoms. The van der Waals surface area contributed by atoms with Gasteiger partial charge < -0.3 is 26.7 Å². The zero-order valence-corrected chi connectivity index (χ0v) is 24.8. The summed E-state index contributed by atoms with van der Waals surface area (Å²) in [7, 11) is 0. The van der Waals surface area contributed by atoms with E-state index in [1.807, 2.05) is 34.6 Å². The third-order valence-electron chi connectivity index (χ3n) is 5.39. The molecule has 0 bridgehead atoms. The highest BCUT2D eigenvalue weighted by atomic mass is 19.4. The maximum atomic E-state index is 13.4. The van der Waals surface area contributed by atoms with Gasteiger partial charge in [0.05, 0.1) is 23.5 Å². The first-order valence-electron chi connectivity index (χ1n) is 13.4. The Bertz CT molecular complexity index is 1350. The molecule has 0 fully saturated rings. The van der Waals surface area contributed by atoms with E-state index in [-0.39, 0.29) is 24.7 Å². The fraction of sp³-hybridized carbons (Fsp3) is 0.355. The second-order valence-electron chi connectivity index (χ2n) is 9.10. The van der Waals surface area contributed by atoms with E-state index >= 15 is 0 Å². The molecule has 7 nitrogen and oxygen atoms in total. The number of nitrogens with one attached hydrogen (secondary N) is 2. The smallest absolute Gasteiger partial charge is 0.392 e. The minimum Gasteiger partial charge on any atom is -0.392 e. The van der Waals surface area contributed by atoms with Crippen molar-refractivity contribution in [1.82, 2.24) is 20.2 Å². The molecule has 2 aromatic rings. The van der Waals surface area contributed by atoms with Gasteiger partial charge >= 0.3 is 6.18 Å². The predicted molar refractivity (Wildman–Crippen MR) is 160 cm³/mol. The van der Waals surface area contributed by atoms with Gasteiger partial charge in [-0.15, -0.1) is 0 Å². The summed E-state index contributed by atoms with van der Waals surface area (Å²) in [6, 6.07) is 5.23. The number of carbonyl (C=O) groups is 1. The van der Waals surface area contributed by atoms with Gasteiger partial charge in [-0.3, -0.25) is 4.79 Å². The van der Waals surface area contributed by atoms with Crippen molar-refractivity contribution in [3.63, 3.8) is 0 Å². The van der Waals surface area contributed by atoms with Gasteiger partial charge in [0.1, 0.15) is 0 Å². The number of nitrogens with zero attached hydrogens (tertiary/aromatic N) is 2. The van der Waals surface area contributed by atoms with Crippen LogP contribution in [-0.2, 0) is 0 Å². The van der Waals surface area contributed by atoms with Gasteiger partial charge in [0, 0.05) is 41.2 Å². The van der Waals surface area contributed by atoms with Gasteiger partial charge in [-0.2, -0.15) is 13.2 Å². The lowest BCUT2D eigenvalue weighted by Crippen LogP contribution is -2.26. The maximum Gasteiger partial charge on any atom is 0.412 e. The summed E-state index contributed by atoms with van der Waals surface area (Å²) in [6.45, 7) is 13.0. The highest BCUT2D eigenvalue weighted by molar-refractivity contribution is 5.94. The molecule has 41 heavy (non-hydrogen) atoms. The van der Waals surface area contributed by atoms with Gasteiger partial charge in [0.15, 0.2) is 0 Å². The van der Waals surface area contributed by atoms with Crippen LogP contribution in [-0.4, -0.2) is 34.2 Å². The van der Waals surface area contributed by atoms with Crippen molar-refractivity contribution >= 4 is 11.6 Å². The number of hydrogen-bond donors (Lipinski definition) is 4. The third-order valence-corrected chi connectivity index (χ3v) is 5.39.